The number of thiazole rings is 1. The van der Waals surface area contributed by atoms with E-state index in [4.69, 9.17) is 0 Å². The van der Waals surface area contributed by atoms with Gasteiger partial charge in [0.15, 0.2) is 0 Å². The van der Waals surface area contributed by atoms with Crippen LogP contribution in [0, 0.1) is 5.82 Å². The van der Waals surface area contributed by atoms with Gasteiger partial charge in [-0.25, -0.2) is 9.37 Å². The van der Waals surface area contributed by atoms with Crippen molar-refractivity contribution in [2.24, 2.45) is 0 Å². The number of rotatable bonds is 4. The molecule has 0 spiro atoms. The summed E-state index contributed by atoms with van der Waals surface area (Å²) >= 11 is 1.50. The van der Waals surface area contributed by atoms with Crippen molar-refractivity contribution in [3.8, 4) is 0 Å². The molecule has 1 aliphatic carbocycles. The topological polar surface area (TPSA) is 42.0 Å². The molecule has 1 heterocycles. The molecular formula is C14H13FN2OS. The van der Waals surface area contributed by atoms with Gasteiger partial charge in [0.1, 0.15) is 10.8 Å². The Morgan fingerprint density at radius 3 is 2.84 bits per heavy atom. The first-order valence-electron chi connectivity index (χ1n) is 6.14. The van der Waals surface area contributed by atoms with Crippen molar-refractivity contribution in [1.82, 2.24) is 10.3 Å². The van der Waals surface area contributed by atoms with Crippen molar-refractivity contribution in [2.75, 3.05) is 0 Å². The van der Waals surface area contributed by atoms with Crippen molar-refractivity contribution >= 4 is 17.2 Å². The lowest BCUT2D eigenvalue weighted by Crippen LogP contribution is -2.34. The number of hydrogen-bond acceptors (Lipinski definition) is 3. The zero-order chi connectivity index (χ0) is 13.3. The summed E-state index contributed by atoms with van der Waals surface area (Å²) in [5, 5.41) is 5.58. The highest BCUT2D eigenvalue weighted by molar-refractivity contribution is 7.09. The Morgan fingerprint density at radius 2 is 2.21 bits per heavy atom. The number of carbonyl (C=O) groups is 1. The maximum Gasteiger partial charge on any atom is 0.231 e. The second kappa shape index (κ2) is 4.74. The molecule has 1 N–H and O–H groups in total. The van der Waals surface area contributed by atoms with E-state index in [-0.39, 0.29) is 11.7 Å². The molecule has 3 rings (SSSR count). The summed E-state index contributed by atoms with van der Waals surface area (Å²) in [6.45, 7) is 0.409. The molecule has 2 aromatic rings. The third-order valence-electron chi connectivity index (χ3n) is 3.46. The third-order valence-corrected chi connectivity index (χ3v) is 4.24. The van der Waals surface area contributed by atoms with Crippen LogP contribution in [0.15, 0.2) is 35.8 Å². The van der Waals surface area contributed by atoms with E-state index in [1.54, 1.807) is 24.4 Å². The minimum Gasteiger partial charge on any atom is -0.349 e. The fourth-order valence-electron chi connectivity index (χ4n) is 2.26. The lowest BCUT2D eigenvalue weighted by molar-refractivity contribution is -0.123. The Balaban J connectivity index is 1.74. The number of nitrogens with one attached hydrogen (secondary N) is 1. The summed E-state index contributed by atoms with van der Waals surface area (Å²) in [6.07, 6.45) is 3.12. The van der Waals surface area contributed by atoms with Crippen molar-refractivity contribution in [3.63, 3.8) is 0 Å². The number of amides is 1. The number of halogens is 1. The number of nitrogens with zero attached hydrogens (tertiary/aromatic N) is 1. The molecule has 1 fully saturated rings. The highest BCUT2D eigenvalue weighted by Gasteiger charge is 2.52. The maximum absolute atomic E-state index is 13.8. The normalized spacial score (nSPS) is 16.1. The van der Waals surface area contributed by atoms with Crippen LogP contribution in [0.5, 0.6) is 0 Å². The maximum atomic E-state index is 13.8. The average Bonchev–Trinajstić information content (AvgIpc) is 3.06. The fourth-order valence-corrected chi connectivity index (χ4v) is 2.81. The molecule has 5 heteroatoms. The zero-order valence-corrected chi connectivity index (χ0v) is 11.0. The van der Waals surface area contributed by atoms with Crippen molar-refractivity contribution in [3.05, 3.63) is 52.2 Å². The van der Waals surface area contributed by atoms with Gasteiger partial charge >= 0.3 is 0 Å². The zero-order valence-electron chi connectivity index (χ0n) is 10.2. The van der Waals surface area contributed by atoms with Gasteiger partial charge in [-0.05, 0) is 18.9 Å². The van der Waals surface area contributed by atoms with Gasteiger partial charge in [-0.3, -0.25) is 4.79 Å². The van der Waals surface area contributed by atoms with Gasteiger partial charge in [-0.2, -0.15) is 0 Å². The SMILES string of the molecule is O=C(NCc1nccs1)C1(c2ccccc2F)CC1. The van der Waals surface area contributed by atoms with Crippen LogP contribution < -0.4 is 5.32 Å². The van der Waals surface area contributed by atoms with Crippen molar-refractivity contribution in [1.29, 1.82) is 0 Å². The van der Waals surface area contributed by atoms with E-state index in [0.717, 1.165) is 5.01 Å². The molecule has 98 valence electrons. The molecule has 0 aliphatic heterocycles. The van der Waals surface area contributed by atoms with Crippen LogP contribution in [0.3, 0.4) is 0 Å². The standard InChI is InChI=1S/C14H13FN2OS/c15-11-4-2-1-3-10(11)14(5-6-14)13(18)17-9-12-16-7-8-19-12/h1-4,7-8H,5-6,9H2,(H,17,18). The molecular weight excluding hydrogens is 263 g/mol. The molecule has 0 radical (unpaired) electrons. The number of hydrogen-bond donors (Lipinski definition) is 1. The first-order valence-corrected chi connectivity index (χ1v) is 7.02. The lowest BCUT2D eigenvalue weighted by Gasteiger charge is -2.15. The molecule has 1 saturated carbocycles. The number of carbonyl (C=O) groups excluding carboxylic acids is 1. The summed E-state index contributed by atoms with van der Waals surface area (Å²) in [5.74, 6) is -0.405. The molecule has 1 aromatic heterocycles. The Bertz CT molecular complexity index is 593. The molecule has 1 aliphatic rings. The smallest absolute Gasteiger partial charge is 0.231 e. The average molecular weight is 276 g/mol. The van der Waals surface area contributed by atoms with E-state index in [2.05, 4.69) is 10.3 Å². The quantitative estimate of drug-likeness (QED) is 0.932. The van der Waals surface area contributed by atoms with E-state index in [1.165, 1.54) is 17.4 Å². The van der Waals surface area contributed by atoms with Gasteiger partial charge in [0, 0.05) is 17.1 Å². The predicted octanol–water partition coefficient (Wildman–Crippen LogP) is 2.63. The molecule has 1 aromatic carbocycles. The molecule has 0 unspecified atom stereocenters. The molecule has 3 nitrogen and oxygen atoms in total. The van der Waals surface area contributed by atoms with E-state index in [9.17, 15) is 9.18 Å². The minimum absolute atomic E-state index is 0.104. The Hall–Kier alpha value is -1.75. The van der Waals surface area contributed by atoms with Gasteiger partial charge in [-0.1, -0.05) is 18.2 Å². The first-order chi connectivity index (χ1) is 9.22. The van der Waals surface area contributed by atoms with Gasteiger partial charge in [0.05, 0.1) is 12.0 Å². The monoisotopic (exact) mass is 276 g/mol. The molecule has 0 bridgehead atoms. The number of benzene rings is 1. The van der Waals surface area contributed by atoms with E-state index in [0.29, 0.717) is 24.9 Å². The Morgan fingerprint density at radius 1 is 1.42 bits per heavy atom. The van der Waals surface area contributed by atoms with Crippen molar-refractivity contribution < 1.29 is 9.18 Å². The highest BCUT2D eigenvalue weighted by Crippen LogP contribution is 2.49. The summed E-state index contributed by atoms with van der Waals surface area (Å²) < 4.78 is 13.8. The Labute approximate surface area is 114 Å². The predicted molar refractivity (Wildman–Crippen MR) is 71.3 cm³/mol. The van der Waals surface area contributed by atoms with Crippen molar-refractivity contribution in [2.45, 2.75) is 24.8 Å². The molecule has 0 atom stereocenters. The van der Waals surface area contributed by atoms with Gasteiger partial charge in [0.2, 0.25) is 5.91 Å². The largest absolute Gasteiger partial charge is 0.349 e. The first kappa shape index (κ1) is 12.3. The van der Waals surface area contributed by atoms with E-state index >= 15 is 0 Å². The summed E-state index contributed by atoms with van der Waals surface area (Å²) in [7, 11) is 0. The van der Waals surface area contributed by atoms with Crippen LogP contribution in [0.25, 0.3) is 0 Å². The van der Waals surface area contributed by atoms with Crippen LogP contribution in [0.1, 0.15) is 23.4 Å². The fraction of sp³-hybridized carbons (Fsp3) is 0.286. The van der Waals surface area contributed by atoms with E-state index < -0.39 is 5.41 Å². The Kier molecular flexibility index (Phi) is 3.06. The summed E-state index contributed by atoms with van der Waals surface area (Å²) in [5.41, 5.74) is -0.158. The van der Waals surface area contributed by atoms with Gasteiger partial charge in [-0.15, -0.1) is 11.3 Å². The lowest BCUT2D eigenvalue weighted by atomic mass is 9.94. The van der Waals surface area contributed by atoms with Gasteiger partial charge in [0.25, 0.3) is 0 Å². The second-order valence-corrected chi connectivity index (χ2v) is 5.65. The third kappa shape index (κ3) is 2.26. The second-order valence-electron chi connectivity index (χ2n) is 4.67. The van der Waals surface area contributed by atoms with E-state index in [1.807, 2.05) is 5.38 Å². The molecule has 0 saturated heterocycles. The van der Waals surface area contributed by atoms with Crippen LogP contribution in [-0.2, 0) is 16.8 Å². The van der Waals surface area contributed by atoms with Gasteiger partial charge < -0.3 is 5.32 Å². The summed E-state index contributed by atoms with van der Waals surface area (Å²) in [6, 6.07) is 6.52. The molecule has 1 amide bonds. The number of aromatic nitrogens is 1. The van der Waals surface area contributed by atoms with Crippen LogP contribution in [-0.4, -0.2) is 10.9 Å². The summed E-state index contributed by atoms with van der Waals surface area (Å²) in [4.78, 5) is 16.4. The van der Waals surface area contributed by atoms with Crippen LogP contribution in [0.4, 0.5) is 4.39 Å². The highest BCUT2D eigenvalue weighted by atomic mass is 32.1. The minimum atomic E-state index is -0.664. The molecule has 19 heavy (non-hydrogen) atoms. The van der Waals surface area contributed by atoms with Crippen LogP contribution >= 0.6 is 11.3 Å². The van der Waals surface area contributed by atoms with Crippen LogP contribution in [0.2, 0.25) is 0 Å².